The van der Waals surface area contributed by atoms with Crippen molar-refractivity contribution in [3.63, 3.8) is 0 Å². The quantitative estimate of drug-likeness (QED) is 0.473. The summed E-state index contributed by atoms with van der Waals surface area (Å²) >= 11 is 0. The number of primary amides is 1. The highest BCUT2D eigenvalue weighted by Crippen LogP contribution is 1.97. The zero-order valence-electron chi connectivity index (χ0n) is 6.08. The van der Waals surface area contributed by atoms with Crippen LogP contribution in [0, 0.1) is 0 Å². The minimum Gasteiger partial charge on any atom is -0.393 e. The predicted molar refractivity (Wildman–Crippen MR) is 38.1 cm³/mol. The van der Waals surface area contributed by atoms with Gasteiger partial charge in [0.2, 0.25) is 5.91 Å². The average Bonchev–Trinajstić information content (AvgIpc) is 1.82. The second kappa shape index (κ2) is 4.24. The molecule has 0 spiro atoms. The summed E-state index contributed by atoms with van der Waals surface area (Å²) in [5.74, 6) is -0.513. The highest BCUT2D eigenvalue weighted by atomic mass is 16.3. The van der Waals surface area contributed by atoms with Crippen LogP contribution in [-0.4, -0.2) is 23.2 Å². The number of aliphatic hydroxyl groups is 1. The molecule has 0 saturated heterocycles. The maximum absolute atomic E-state index is 10.3. The van der Waals surface area contributed by atoms with Crippen LogP contribution in [0.1, 0.15) is 19.8 Å². The summed E-state index contributed by atoms with van der Waals surface area (Å²) in [7, 11) is 0. The van der Waals surface area contributed by atoms with Gasteiger partial charge in [0.05, 0.1) is 12.1 Å². The second-order valence-electron chi connectivity index (χ2n) is 2.44. The zero-order valence-corrected chi connectivity index (χ0v) is 6.08. The van der Waals surface area contributed by atoms with Crippen LogP contribution in [0.15, 0.2) is 0 Å². The number of amides is 1. The van der Waals surface area contributed by atoms with Crippen LogP contribution >= 0.6 is 0 Å². The Balaban J connectivity index is 3.40. The molecule has 0 heterocycles. The summed E-state index contributed by atoms with van der Waals surface area (Å²) in [6.45, 7) is 1.65. The molecule has 4 heteroatoms. The van der Waals surface area contributed by atoms with Crippen molar-refractivity contribution in [2.45, 2.75) is 31.9 Å². The molecule has 2 unspecified atom stereocenters. The molecule has 0 saturated carbocycles. The van der Waals surface area contributed by atoms with Crippen LogP contribution in [0.2, 0.25) is 0 Å². The van der Waals surface area contributed by atoms with E-state index in [1.165, 1.54) is 0 Å². The van der Waals surface area contributed by atoms with Gasteiger partial charge in [-0.1, -0.05) is 0 Å². The van der Waals surface area contributed by atoms with Crippen LogP contribution in [0.5, 0.6) is 0 Å². The van der Waals surface area contributed by atoms with Crippen molar-refractivity contribution in [3.8, 4) is 0 Å². The summed E-state index contributed by atoms with van der Waals surface area (Å²) in [4.78, 5) is 10.3. The van der Waals surface area contributed by atoms with Gasteiger partial charge in [-0.2, -0.15) is 0 Å². The fourth-order valence-electron chi connectivity index (χ4n) is 0.563. The van der Waals surface area contributed by atoms with E-state index in [1.807, 2.05) is 0 Å². The molecule has 0 radical (unpaired) electrons. The summed E-state index contributed by atoms with van der Waals surface area (Å²) in [5.41, 5.74) is 10.2. The van der Waals surface area contributed by atoms with E-state index in [0.717, 1.165) is 0 Å². The van der Waals surface area contributed by atoms with E-state index in [-0.39, 0.29) is 0 Å². The molecule has 10 heavy (non-hydrogen) atoms. The Labute approximate surface area is 60.2 Å². The lowest BCUT2D eigenvalue weighted by Gasteiger charge is -2.07. The van der Waals surface area contributed by atoms with Crippen LogP contribution in [-0.2, 0) is 4.79 Å². The first-order valence-corrected chi connectivity index (χ1v) is 3.27. The number of carbonyl (C=O) groups is 1. The Bertz CT molecular complexity index is 114. The number of hydrogen-bond acceptors (Lipinski definition) is 3. The Morgan fingerprint density at radius 2 is 2.10 bits per heavy atom. The first-order valence-electron chi connectivity index (χ1n) is 3.27. The van der Waals surface area contributed by atoms with Gasteiger partial charge in [0.15, 0.2) is 0 Å². The van der Waals surface area contributed by atoms with Gasteiger partial charge in [-0.15, -0.1) is 0 Å². The van der Waals surface area contributed by atoms with Gasteiger partial charge in [0.1, 0.15) is 0 Å². The molecule has 2 atom stereocenters. The van der Waals surface area contributed by atoms with Crippen molar-refractivity contribution in [2.75, 3.05) is 0 Å². The molecule has 4 nitrogen and oxygen atoms in total. The standard InChI is InChI=1S/C6H14N2O2/c1-4(9)2-3-5(7)6(8)10/h4-5,9H,2-3,7H2,1H3,(H2,8,10). The Morgan fingerprint density at radius 1 is 1.60 bits per heavy atom. The first-order chi connectivity index (χ1) is 4.54. The highest BCUT2D eigenvalue weighted by Gasteiger charge is 2.09. The molecule has 0 bridgehead atoms. The number of nitrogens with two attached hydrogens (primary N) is 2. The van der Waals surface area contributed by atoms with Crippen LogP contribution < -0.4 is 11.5 Å². The van der Waals surface area contributed by atoms with Gasteiger partial charge in [-0.05, 0) is 19.8 Å². The van der Waals surface area contributed by atoms with E-state index in [1.54, 1.807) is 6.92 Å². The van der Waals surface area contributed by atoms with E-state index in [2.05, 4.69) is 0 Å². The topological polar surface area (TPSA) is 89.3 Å². The van der Waals surface area contributed by atoms with Crippen molar-refractivity contribution in [1.82, 2.24) is 0 Å². The largest absolute Gasteiger partial charge is 0.393 e. The predicted octanol–water partition coefficient (Wildman–Crippen LogP) is -1.04. The molecule has 0 fully saturated rings. The number of carbonyl (C=O) groups excluding carboxylic acids is 1. The molecule has 0 aliphatic carbocycles. The van der Waals surface area contributed by atoms with Crippen molar-refractivity contribution in [2.24, 2.45) is 11.5 Å². The smallest absolute Gasteiger partial charge is 0.234 e. The minimum absolute atomic E-state index is 0.412. The molecule has 60 valence electrons. The minimum atomic E-state index is -0.616. The number of aliphatic hydroxyl groups excluding tert-OH is 1. The SMILES string of the molecule is CC(O)CCC(N)C(N)=O. The molecule has 0 rings (SSSR count). The van der Waals surface area contributed by atoms with Gasteiger partial charge in [-0.25, -0.2) is 0 Å². The summed E-state index contributed by atoms with van der Waals surface area (Å²) in [6.07, 6.45) is 0.558. The van der Waals surface area contributed by atoms with Gasteiger partial charge in [-0.3, -0.25) is 4.79 Å². The van der Waals surface area contributed by atoms with E-state index < -0.39 is 18.1 Å². The fraction of sp³-hybridized carbons (Fsp3) is 0.833. The molecular weight excluding hydrogens is 132 g/mol. The summed E-state index contributed by atoms with van der Waals surface area (Å²) in [6, 6.07) is -0.616. The lowest BCUT2D eigenvalue weighted by atomic mass is 10.1. The van der Waals surface area contributed by atoms with Crippen LogP contribution in [0.3, 0.4) is 0 Å². The van der Waals surface area contributed by atoms with Gasteiger partial charge < -0.3 is 16.6 Å². The van der Waals surface area contributed by atoms with Crippen LogP contribution in [0.25, 0.3) is 0 Å². The maximum Gasteiger partial charge on any atom is 0.234 e. The fourth-order valence-corrected chi connectivity index (χ4v) is 0.563. The Hall–Kier alpha value is -0.610. The van der Waals surface area contributed by atoms with E-state index in [9.17, 15) is 4.79 Å². The third kappa shape index (κ3) is 4.29. The average molecular weight is 146 g/mol. The monoisotopic (exact) mass is 146 g/mol. The van der Waals surface area contributed by atoms with E-state index in [4.69, 9.17) is 16.6 Å². The summed E-state index contributed by atoms with van der Waals surface area (Å²) < 4.78 is 0. The van der Waals surface area contributed by atoms with E-state index in [0.29, 0.717) is 12.8 Å². The van der Waals surface area contributed by atoms with Crippen molar-refractivity contribution < 1.29 is 9.90 Å². The van der Waals surface area contributed by atoms with Crippen molar-refractivity contribution in [1.29, 1.82) is 0 Å². The first kappa shape index (κ1) is 9.39. The Kier molecular flexibility index (Phi) is 3.99. The maximum atomic E-state index is 10.3. The van der Waals surface area contributed by atoms with Gasteiger partial charge in [0.25, 0.3) is 0 Å². The molecule has 0 aromatic carbocycles. The van der Waals surface area contributed by atoms with E-state index >= 15 is 0 Å². The Morgan fingerprint density at radius 3 is 2.40 bits per heavy atom. The number of rotatable bonds is 4. The third-order valence-corrected chi connectivity index (χ3v) is 1.26. The number of hydrogen-bond donors (Lipinski definition) is 3. The van der Waals surface area contributed by atoms with Crippen molar-refractivity contribution in [3.05, 3.63) is 0 Å². The van der Waals surface area contributed by atoms with Crippen LogP contribution in [0.4, 0.5) is 0 Å². The molecule has 0 aromatic rings. The van der Waals surface area contributed by atoms with Crippen molar-refractivity contribution >= 4 is 5.91 Å². The van der Waals surface area contributed by atoms with Gasteiger partial charge in [0, 0.05) is 0 Å². The molecule has 5 N–H and O–H groups in total. The lowest BCUT2D eigenvalue weighted by molar-refractivity contribution is -0.119. The molecular formula is C6H14N2O2. The normalized spacial score (nSPS) is 16.3. The third-order valence-electron chi connectivity index (χ3n) is 1.26. The second-order valence-corrected chi connectivity index (χ2v) is 2.44. The highest BCUT2D eigenvalue weighted by molar-refractivity contribution is 5.79. The summed E-state index contributed by atoms with van der Waals surface area (Å²) in [5, 5.41) is 8.78. The zero-order chi connectivity index (χ0) is 8.15. The van der Waals surface area contributed by atoms with Gasteiger partial charge >= 0.3 is 0 Å². The molecule has 0 aliphatic rings. The molecule has 1 amide bonds. The molecule has 0 aromatic heterocycles. The lowest BCUT2D eigenvalue weighted by Crippen LogP contribution is -2.36. The molecule has 0 aliphatic heterocycles.